The lowest BCUT2D eigenvalue weighted by Gasteiger charge is -2.31. The van der Waals surface area contributed by atoms with E-state index in [0.29, 0.717) is 11.3 Å². The molecule has 1 aromatic carbocycles. The van der Waals surface area contributed by atoms with E-state index >= 15 is 0 Å². The van der Waals surface area contributed by atoms with Crippen molar-refractivity contribution in [3.05, 3.63) is 29.3 Å². The molecule has 1 atom stereocenters. The zero-order chi connectivity index (χ0) is 11.8. The number of benzene rings is 1. The molecular formula is C15H22O. The monoisotopic (exact) mass is 218 g/mol. The summed E-state index contributed by atoms with van der Waals surface area (Å²) in [6.07, 6.45) is 3.69. The van der Waals surface area contributed by atoms with Crippen molar-refractivity contribution in [2.24, 2.45) is 5.41 Å². The smallest absolute Gasteiger partial charge is 0.122 e. The van der Waals surface area contributed by atoms with E-state index < -0.39 is 0 Å². The van der Waals surface area contributed by atoms with E-state index in [0.717, 1.165) is 5.75 Å². The molecule has 1 aliphatic rings. The van der Waals surface area contributed by atoms with Crippen LogP contribution in [0.5, 0.6) is 5.75 Å². The van der Waals surface area contributed by atoms with Gasteiger partial charge in [0.2, 0.25) is 0 Å². The summed E-state index contributed by atoms with van der Waals surface area (Å²) in [6, 6.07) is 6.48. The zero-order valence-electron chi connectivity index (χ0n) is 10.8. The van der Waals surface area contributed by atoms with Crippen molar-refractivity contribution >= 4 is 0 Å². The number of ether oxygens (including phenoxy) is 1. The first kappa shape index (κ1) is 11.5. The molecule has 0 unspecified atom stereocenters. The third kappa shape index (κ3) is 1.45. The highest BCUT2D eigenvalue weighted by Gasteiger charge is 2.41. The number of methoxy groups -OCH3 is 1. The summed E-state index contributed by atoms with van der Waals surface area (Å²) in [6.45, 7) is 7.01. The van der Waals surface area contributed by atoms with Crippen LogP contribution in [0.4, 0.5) is 0 Å². The molecule has 0 bridgehead atoms. The number of rotatable bonds is 3. The molecule has 1 heteroatoms. The fourth-order valence-electron chi connectivity index (χ4n) is 3.32. The molecule has 0 saturated carbocycles. The van der Waals surface area contributed by atoms with Gasteiger partial charge in [0.05, 0.1) is 7.11 Å². The van der Waals surface area contributed by atoms with Gasteiger partial charge >= 0.3 is 0 Å². The topological polar surface area (TPSA) is 9.23 Å². The summed E-state index contributed by atoms with van der Waals surface area (Å²) in [4.78, 5) is 0. The second-order valence-electron chi connectivity index (χ2n) is 5.00. The first-order chi connectivity index (χ1) is 7.68. The van der Waals surface area contributed by atoms with Gasteiger partial charge in [0, 0.05) is 0 Å². The van der Waals surface area contributed by atoms with Gasteiger partial charge in [-0.25, -0.2) is 0 Å². The molecule has 1 aliphatic carbocycles. The van der Waals surface area contributed by atoms with E-state index in [1.807, 2.05) is 0 Å². The number of fused-ring (bicyclic) bond motifs is 1. The minimum atomic E-state index is 0.455. The van der Waals surface area contributed by atoms with E-state index in [1.54, 1.807) is 7.11 Å². The average molecular weight is 218 g/mol. The third-order valence-electron chi connectivity index (χ3n) is 4.71. The Labute approximate surface area is 98.8 Å². The number of hydrogen-bond acceptors (Lipinski definition) is 1. The van der Waals surface area contributed by atoms with Crippen molar-refractivity contribution in [3.63, 3.8) is 0 Å². The van der Waals surface area contributed by atoms with E-state index in [4.69, 9.17) is 4.74 Å². The maximum absolute atomic E-state index is 5.49. The molecule has 16 heavy (non-hydrogen) atoms. The molecule has 0 radical (unpaired) electrons. The van der Waals surface area contributed by atoms with Crippen LogP contribution in [0.3, 0.4) is 0 Å². The Balaban J connectivity index is 2.48. The van der Waals surface area contributed by atoms with Gasteiger partial charge < -0.3 is 4.74 Å². The lowest BCUT2D eigenvalue weighted by molar-refractivity contribution is 0.233. The predicted octanol–water partition coefficient (Wildman–Crippen LogP) is 4.16. The molecule has 1 nitrogen and oxygen atoms in total. The Kier molecular flexibility index (Phi) is 2.96. The zero-order valence-corrected chi connectivity index (χ0v) is 10.8. The highest BCUT2D eigenvalue weighted by atomic mass is 16.5. The molecule has 0 heterocycles. The van der Waals surface area contributed by atoms with E-state index in [2.05, 4.69) is 39.0 Å². The molecule has 2 rings (SSSR count). The minimum absolute atomic E-state index is 0.455. The van der Waals surface area contributed by atoms with Crippen LogP contribution in [0.15, 0.2) is 18.2 Å². The van der Waals surface area contributed by atoms with Crippen molar-refractivity contribution in [1.82, 2.24) is 0 Å². The Morgan fingerprint density at radius 2 is 2.00 bits per heavy atom. The van der Waals surface area contributed by atoms with Gasteiger partial charge in [-0.05, 0) is 47.8 Å². The maximum atomic E-state index is 5.49. The highest BCUT2D eigenvalue weighted by Crippen LogP contribution is 2.53. The first-order valence-electron chi connectivity index (χ1n) is 6.34. The Hall–Kier alpha value is -0.980. The molecule has 0 aromatic heterocycles. The maximum Gasteiger partial charge on any atom is 0.122 e. The Bertz CT molecular complexity index is 377. The van der Waals surface area contributed by atoms with Crippen LogP contribution < -0.4 is 4.74 Å². The first-order valence-corrected chi connectivity index (χ1v) is 6.34. The van der Waals surface area contributed by atoms with Crippen LogP contribution >= 0.6 is 0 Å². The van der Waals surface area contributed by atoms with E-state index in [-0.39, 0.29) is 0 Å². The lowest BCUT2D eigenvalue weighted by Crippen LogP contribution is -2.22. The summed E-state index contributed by atoms with van der Waals surface area (Å²) in [5.41, 5.74) is 3.40. The van der Waals surface area contributed by atoms with Crippen LogP contribution in [0, 0.1) is 5.41 Å². The summed E-state index contributed by atoms with van der Waals surface area (Å²) in [5.74, 6) is 1.74. The standard InChI is InChI=1S/C15H22O/c1-5-15(6-2)10-13-12(11(15)3)8-7-9-14(13)16-4/h7-9,11H,5-6,10H2,1-4H3/t11-/m1/s1. The average Bonchev–Trinajstić information content (AvgIpc) is 2.63. The van der Waals surface area contributed by atoms with Gasteiger partial charge in [0.1, 0.15) is 5.75 Å². The van der Waals surface area contributed by atoms with Gasteiger partial charge in [-0.15, -0.1) is 0 Å². The van der Waals surface area contributed by atoms with Crippen molar-refractivity contribution in [2.75, 3.05) is 7.11 Å². The second-order valence-corrected chi connectivity index (χ2v) is 5.00. The van der Waals surface area contributed by atoms with E-state index in [1.165, 1.54) is 30.4 Å². The third-order valence-corrected chi connectivity index (χ3v) is 4.71. The van der Waals surface area contributed by atoms with Gasteiger partial charge in [-0.1, -0.05) is 32.9 Å². The van der Waals surface area contributed by atoms with Gasteiger partial charge in [0.15, 0.2) is 0 Å². The lowest BCUT2D eigenvalue weighted by atomic mass is 9.73. The molecule has 0 N–H and O–H groups in total. The van der Waals surface area contributed by atoms with Crippen molar-refractivity contribution in [3.8, 4) is 5.75 Å². The second kappa shape index (κ2) is 4.12. The quantitative estimate of drug-likeness (QED) is 0.740. The van der Waals surface area contributed by atoms with E-state index in [9.17, 15) is 0 Å². The molecule has 0 saturated heterocycles. The van der Waals surface area contributed by atoms with Crippen LogP contribution in [0.2, 0.25) is 0 Å². The molecule has 1 aromatic rings. The van der Waals surface area contributed by atoms with Crippen LogP contribution in [-0.2, 0) is 6.42 Å². The van der Waals surface area contributed by atoms with Crippen LogP contribution in [0.1, 0.15) is 50.7 Å². The van der Waals surface area contributed by atoms with Gasteiger partial charge in [0.25, 0.3) is 0 Å². The predicted molar refractivity (Wildman–Crippen MR) is 68.1 cm³/mol. The fourth-order valence-corrected chi connectivity index (χ4v) is 3.32. The van der Waals surface area contributed by atoms with Crippen LogP contribution in [-0.4, -0.2) is 7.11 Å². The summed E-state index contributed by atoms with van der Waals surface area (Å²) in [7, 11) is 1.78. The summed E-state index contributed by atoms with van der Waals surface area (Å²) < 4.78 is 5.49. The normalized spacial score (nSPS) is 21.9. The highest BCUT2D eigenvalue weighted by molar-refractivity contribution is 5.47. The SMILES string of the molecule is CCC1(CC)Cc2c(OC)cccc2[C@H]1C. The molecule has 0 amide bonds. The molecule has 88 valence electrons. The summed E-state index contributed by atoms with van der Waals surface area (Å²) in [5, 5.41) is 0. The minimum Gasteiger partial charge on any atom is -0.496 e. The number of hydrogen-bond donors (Lipinski definition) is 0. The van der Waals surface area contributed by atoms with Crippen molar-refractivity contribution in [1.29, 1.82) is 0 Å². The largest absolute Gasteiger partial charge is 0.496 e. The van der Waals surface area contributed by atoms with Crippen LogP contribution in [0.25, 0.3) is 0 Å². The molecule has 0 spiro atoms. The molecular weight excluding hydrogens is 196 g/mol. The van der Waals surface area contributed by atoms with Crippen molar-refractivity contribution < 1.29 is 4.74 Å². The summed E-state index contributed by atoms with van der Waals surface area (Å²) >= 11 is 0. The Morgan fingerprint density at radius 1 is 1.31 bits per heavy atom. The molecule has 0 fully saturated rings. The molecule has 0 aliphatic heterocycles. The fraction of sp³-hybridized carbons (Fsp3) is 0.600. The van der Waals surface area contributed by atoms with Gasteiger partial charge in [-0.3, -0.25) is 0 Å². The van der Waals surface area contributed by atoms with Gasteiger partial charge in [-0.2, -0.15) is 0 Å². The Morgan fingerprint density at radius 3 is 2.56 bits per heavy atom. The van der Waals surface area contributed by atoms with Crippen molar-refractivity contribution in [2.45, 2.75) is 46.0 Å².